The summed E-state index contributed by atoms with van der Waals surface area (Å²) in [5, 5.41) is 0. The molecule has 3 aromatic carbocycles. The van der Waals surface area contributed by atoms with E-state index < -0.39 is 10.0 Å². The number of nitrogens with zero attached hydrogens (tertiary/aromatic N) is 2. The second-order valence-corrected chi connectivity index (χ2v) is 10.4. The van der Waals surface area contributed by atoms with E-state index in [0.717, 1.165) is 22.3 Å². The first-order valence-electron chi connectivity index (χ1n) is 11.2. The van der Waals surface area contributed by atoms with Crippen LogP contribution in [0.2, 0.25) is 0 Å². The predicted molar refractivity (Wildman–Crippen MR) is 138 cm³/mol. The van der Waals surface area contributed by atoms with Gasteiger partial charge in [-0.2, -0.15) is 0 Å². The number of carbonyl (C=O) groups excluding carboxylic acids is 1. The average molecular weight is 497 g/mol. The standard InChI is InChI=1S/C27H32N2O5S/c1-19-7-11-23(12-8-19)35(31,32)29(24-13-9-20(2)15-21(24)3)18-27(30)28(4)17-22-10-14-25(33-5)26(16-22)34-6/h7-16H,17-18H2,1-6H3. The topological polar surface area (TPSA) is 76.2 Å². The zero-order valence-electron chi connectivity index (χ0n) is 21.0. The minimum atomic E-state index is -3.98. The van der Waals surface area contributed by atoms with Gasteiger partial charge < -0.3 is 14.4 Å². The Bertz CT molecular complexity index is 1300. The predicted octanol–water partition coefficient (Wildman–Crippen LogP) is 4.48. The highest BCUT2D eigenvalue weighted by Gasteiger charge is 2.29. The van der Waals surface area contributed by atoms with Crippen LogP contribution in [0.4, 0.5) is 5.69 Å². The quantitative estimate of drug-likeness (QED) is 0.437. The molecule has 1 amide bonds. The first kappa shape index (κ1) is 26.1. The largest absolute Gasteiger partial charge is 0.493 e. The van der Waals surface area contributed by atoms with Gasteiger partial charge >= 0.3 is 0 Å². The number of methoxy groups -OCH3 is 2. The molecule has 0 N–H and O–H groups in total. The molecule has 0 fully saturated rings. The number of ether oxygens (including phenoxy) is 2. The molecule has 0 aliphatic rings. The maximum atomic E-state index is 13.7. The molecule has 3 aromatic rings. The summed E-state index contributed by atoms with van der Waals surface area (Å²) in [6, 6.07) is 17.6. The molecule has 7 nitrogen and oxygen atoms in total. The molecule has 186 valence electrons. The van der Waals surface area contributed by atoms with E-state index in [2.05, 4.69) is 0 Å². The van der Waals surface area contributed by atoms with E-state index in [1.54, 1.807) is 63.7 Å². The molecule has 0 radical (unpaired) electrons. The normalized spacial score (nSPS) is 11.1. The van der Waals surface area contributed by atoms with Gasteiger partial charge in [-0.1, -0.05) is 41.5 Å². The maximum absolute atomic E-state index is 13.7. The van der Waals surface area contributed by atoms with E-state index in [-0.39, 0.29) is 23.9 Å². The van der Waals surface area contributed by atoms with Crippen molar-refractivity contribution in [3.05, 3.63) is 82.9 Å². The van der Waals surface area contributed by atoms with Gasteiger partial charge in [-0.05, 0) is 62.2 Å². The summed E-state index contributed by atoms with van der Waals surface area (Å²) >= 11 is 0. The van der Waals surface area contributed by atoms with Crippen molar-refractivity contribution in [1.29, 1.82) is 0 Å². The van der Waals surface area contributed by atoms with Crippen molar-refractivity contribution in [2.24, 2.45) is 0 Å². The fourth-order valence-electron chi connectivity index (χ4n) is 3.81. The molecule has 8 heteroatoms. The highest BCUT2D eigenvalue weighted by molar-refractivity contribution is 7.92. The number of amides is 1. The molecule has 0 saturated heterocycles. The number of sulfonamides is 1. The molecule has 0 saturated carbocycles. The van der Waals surface area contributed by atoms with Gasteiger partial charge in [0.2, 0.25) is 5.91 Å². The van der Waals surface area contributed by atoms with Gasteiger partial charge in [0, 0.05) is 13.6 Å². The second-order valence-electron chi connectivity index (χ2n) is 8.55. The van der Waals surface area contributed by atoms with E-state index >= 15 is 0 Å². The van der Waals surface area contributed by atoms with Crippen molar-refractivity contribution in [3.8, 4) is 11.5 Å². The maximum Gasteiger partial charge on any atom is 0.264 e. The summed E-state index contributed by atoms with van der Waals surface area (Å²) in [6.07, 6.45) is 0. The number of benzene rings is 3. The summed E-state index contributed by atoms with van der Waals surface area (Å²) in [7, 11) is 0.781. The summed E-state index contributed by atoms with van der Waals surface area (Å²) in [5.41, 5.74) is 4.04. The van der Waals surface area contributed by atoms with Crippen LogP contribution in [0.1, 0.15) is 22.3 Å². The Balaban J connectivity index is 1.92. The Morgan fingerprint density at radius 1 is 0.829 bits per heavy atom. The molecule has 0 aliphatic carbocycles. The van der Waals surface area contributed by atoms with E-state index in [9.17, 15) is 13.2 Å². The summed E-state index contributed by atoms with van der Waals surface area (Å²) < 4.78 is 39.2. The van der Waals surface area contributed by atoms with E-state index in [1.165, 1.54) is 9.21 Å². The third kappa shape index (κ3) is 5.95. The van der Waals surface area contributed by atoms with Crippen molar-refractivity contribution in [2.75, 3.05) is 32.1 Å². The van der Waals surface area contributed by atoms with Gasteiger partial charge in [-0.25, -0.2) is 8.42 Å². The van der Waals surface area contributed by atoms with Crippen LogP contribution in [-0.4, -0.2) is 47.0 Å². The van der Waals surface area contributed by atoms with Gasteiger partial charge in [-0.15, -0.1) is 0 Å². The van der Waals surface area contributed by atoms with Crippen molar-refractivity contribution in [3.63, 3.8) is 0 Å². The van der Waals surface area contributed by atoms with E-state index in [0.29, 0.717) is 17.2 Å². The van der Waals surface area contributed by atoms with Crippen LogP contribution < -0.4 is 13.8 Å². The molecule has 0 bridgehead atoms. The fourth-order valence-corrected chi connectivity index (χ4v) is 5.29. The molecule has 0 heterocycles. The molecule has 0 aromatic heterocycles. The van der Waals surface area contributed by atoms with Crippen LogP contribution in [0.25, 0.3) is 0 Å². The number of carbonyl (C=O) groups is 1. The van der Waals surface area contributed by atoms with Crippen LogP contribution in [0.15, 0.2) is 65.6 Å². The molecule has 0 spiro atoms. The van der Waals surface area contributed by atoms with Crippen molar-refractivity contribution in [2.45, 2.75) is 32.2 Å². The smallest absolute Gasteiger partial charge is 0.264 e. The van der Waals surface area contributed by atoms with E-state index in [1.807, 2.05) is 39.0 Å². The van der Waals surface area contributed by atoms with Crippen LogP contribution in [0.3, 0.4) is 0 Å². The lowest BCUT2D eigenvalue weighted by atomic mass is 10.1. The highest BCUT2D eigenvalue weighted by atomic mass is 32.2. The van der Waals surface area contributed by atoms with Crippen LogP contribution >= 0.6 is 0 Å². The molecule has 0 atom stereocenters. The molecule has 3 rings (SSSR count). The minimum absolute atomic E-state index is 0.137. The number of rotatable bonds is 9. The molecular formula is C27H32N2O5S. The lowest BCUT2D eigenvalue weighted by Crippen LogP contribution is -2.41. The zero-order valence-corrected chi connectivity index (χ0v) is 21.8. The summed E-state index contributed by atoms with van der Waals surface area (Å²) in [5.74, 6) is 0.815. The van der Waals surface area contributed by atoms with Gasteiger partial charge in [0.05, 0.1) is 24.8 Å². The number of anilines is 1. The highest BCUT2D eigenvalue weighted by Crippen LogP contribution is 2.29. The van der Waals surface area contributed by atoms with Gasteiger partial charge in [0.15, 0.2) is 11.5 Å². The Hall–Kier alpha value is -3.52. The van der Waals surface area contributed by atoms with Crippen LogP contribution in [-0.2, 0) is 21.4 Å². The SMILES string of the molecule is COc1ccc(CN(C)C(=O)CN(c2ccc(C)cc2C)S(=O)(=O)c2ccc(C)cc2)cc1OC. The molecular weight excluding hydrogens is 464 g/mol. The lowest BCUT2D eigenvalue weighted by Gasteiger charge is -2.28. The molecule has 0 aliphatic heterocycles. The first-order valence-corrected chi connectivity index (χ1v) is 12.6. The average Bonchev–Trinajstić information content (AvgIpc) is 2.82. The Morgan fingerprint density at radius 3 is 2.06 bits per heavy atom. The van der Waals surface area contributed by atoms with Crippen LogP contribution in [0.5, 0.6) is 11.5 Å². The summed E-state index contributed by atoms with van der Waals surface area (Å²) in [6.45, 7) is 5.63. The monoisotopic (exact) mass is 496 g/mol. The third-order valence-electron chi connectivity index (χ3n) is 5.80. The molecule has 0 unspecified atom stereocenters. The number of hydrogen-bond donors (Lipinski definition) is 0. The van der Waals surface area contributed by atoms with E-state index in [4.69, 9.17) is 9.47 Å². The first-order chi connectivity index (χ1) is 16.6. The van der Waals surface area contributed by atoms with Crippen molar-refractivity contribution >= 4 is 21.6 Å². The van der Waals surface area contributed by atoms with Crippen molar-refractivity contribution in [1.82, 2.24) is 4.90 Å². The Kier molecular flexibility index (Phi) is 8.07. The van der Waals surface area contributed by atoms with Gasteiger partial charge in [0.1, 0.15) is 6.54 Å². The van der Waals surface area contributed by atoms with Crippen LogP contribution in [0, 0.1) is 20.8 Å². The fraction of sp³-hybridized carbons (Fsp3) is 0.296. The molecule has 35 heavy (non-hydrogen) atoms. The number of hydrogen-bond acceptors (Lipinski definition) is 5. The van der Waals surface area contributed by atoms with Crippen molar-refractivity contribution < 1.29 is 22.7 Å². The Morgan fingerprint density at radius 2 is 1.46 bits per heavy atom. The second kappa shape index (κ2) is 10.8. The van der Waals surface area contributed by atoms with Gasteiger partial charge in [-0.3, -0.25) is 9.10 Å². The lowest BCUT2D eigenvalue weighted by molar-refractivity contribution is -0.128. The van der Waals surface area contributed by atoms with Gasteiger partial charge in [0.25, 0.3) is 10.0 Å². The summed E-state index contributed by atoms with van der Waals surface area (Å²) in [4.78, 5) is 14.9. The number of aryl methyl sites for hydroxylation is 3. The zero-order chi connectivity index (χ0) is 25.8. The number of likely N-dealkylation sites (N-methyl/N-ethyl adjacent to an activating group) is 1. The Labute approximate surface area is 207 Å². The minimum Gasteiger partial charge on any atom is -0.493 e. The third-order valence-corrected chi connectivity index (χ3v) is 7.58.